The van der Waals surface area contributed by atoms with Crippen LogP contribution in [0.1, 0.15) is 23.4 Å². The summed E-state index contributed by atoms with van der Waals surface area (Å²) in [5, 5.41) is 0. The number of furan rings is 1. The second-order valence-electron chi connectivity index (χ2n) is 3.45. The average Bonchev–Trinajstić information content (AvgIpc) is 2.75. The second-order valence-corrected chi connectivity index (χ2v) is 4.31. The molecule has 0 aliphatic carbocycles. The van der Waals surface area contributed by atoms with Gasteiger partial charge in [-0.1, -0.05) is 0 Å². The highest BCUT2D eigenvalue weighted by molar-refractivity contribution is 9.10. The lowest BCUT2D eigenvalue weighted by Gasteiger charge is -2.04. The first kappa shape index (κ1) is 9.93. The van der Waals surface area contributed by atoms with E-state index in [0.717, 1.165) is 17.5 Å². The largest absolute Gasteiger partial charge is 0.460 e. The summed E-state index contributed by atoms with van der Waals surface area (Å²) >= 11 is 3.27. The first-order valence-corrected chi connectivity index (χ1v) is 5.40. The van der Waals surface area contributed by atoms with Gasteiger partial charge in [-0.3, -0.25) is 4.79 Å². The molecule has 0 saturated carbocycles. The van der Waals surface area contributed by atoms with E-state index in [1.165, 1.54) is 6.26 Å². The van der Waals surface area contributed by atoms with Gasteiger partial charge in [0.25, 0.3) is 0 Å². The third kappa shape index (κ3) is 2.07. The standard InChI is InChI=1S/C10H11BrO3/c11-8-2-4-14-10(8)9(12)5-7-1-3-13-6-7/h2,4,7H,1,3,5-6H2. The molecular weight excluding hydrogens is 248 g/mol. The van der Waals surface area contributed by atoms with Crippen LogP contribution in [0.4, 0.5) is 0 Å². The molecule has 0 radical (unpaired) electrons. The lowest BCUT2D eigenvalue weighted by Crippen LogP contribution is -2.08. The van der Waals surface area contributed by atoms with Crippen molar-refractivity contribution in [3.63, 3.8) is 0 Å². The quantitative estimate of drug-likeness (QED) is 0.783. The van der Waals surface area contributed by atoms with E-state index in [0.29, 0.717) is 24.7 Å². The van der Waals surface area contributed by atoms with Crippen LogP contribution in [0.2, 0.25) is 0 Å². The molecule has 0 N–H and O–H groups in total. The molecule has 0 amide bonds. The summed E-state index contributed by atoms with van der Waals surface area (Å²) in [4.78, 5) is 11.7. The molecule has 1 saturated heterocycles. The zero-order valence-electron chi connectivity index (χ0n) is 7.66. The maximum Gasteiger partial charge on any atom is 0.199 e. The number of ketones is 1. The van der Waals surface area contributed by atoms with E-state index in [2.05, 4.69) is 15.9 Å². The maximum atomic E-state index is 11.7. The molecule has 1 aromatic rings. The first-order chi connectivity index (χ1) is 6.77. The van der Waals surface area contributed by atoms with Gasteiger partial charge >= 0.3 is 0 Å². The molecule has 1 unspecified atom stereocenters. The third-order valence-electron chi connectivity index (χ3n) is 2.37. The zero-order valence-corrected chi connectivity index (χ0v) is 9.25. The van der Waals surface area contributed by atoms with E-state index < -0.39 is 0 Å². The molecule has 2 rings (SSSR count). The summed E-state index contributed by atoms with van der Waals surface area (Å²) in [6.07, 6.45) is 3.01. The van der Waals surface area contributed by atoms with Crippen LogP contribution in [0.3, 0.4) is 0 Å². The Balaban J connectivity index is 1.98. The van der Waals surface area contributed by atoms with Gasteiger partial charge in [0.05, 0.1) is 10.7 Å². The number of hydrogen-bond acceptors (Lipinski definition) is 3. The fraction of sp³-hybridized carbons (Fsp3) is 0.500. The van der Waals surface area contributed by atoms with Crippen LogP contribution in [0.25, 0.3) is 0 Å². The van der Waals surface area contributed by atoms with Crippen LogP contribution in [0.15, 0.2) is 21.2 Å². The predicted molar refractivity (Wildman–Crippen MR) is 54.3 cm³/mol. The monoisotopic (exact) mass is 258 g/mol. The van der Waals surface area contributed by atoms with Gasteiger partial charge in [-0.2, -0.15) is 0 Å². The molecule has 0 spiro atoms. The van der Waals surface area contributed by atoms with Crippen LogP contribution in [0.5, 0.6) is 0 Å². The lowest BCUT2D eigenvalue weighted by atomic mass is 10.0. The second kappa shape index (κ2) is 4.28. The fourth-order valence-electron chi connectivity index (χ4n) is 1.59. The number of ether oxygens (including phenoxy) is 1. The SMILES string of the molecule is O=C(CC1CCOC1)c1occc1Br. The van der Waals surface area contributed by atoms with Crippen molar-refractivity contribution in [2.45, 2.75) is 12.8 Å². The summed E-state index contributed by atoms with van der Waals surface area (Å²) < 4.78 is 11.0. The lowest BCUT2D eigenvalue weighted by molar-refractivity contribution is 0.0924. The summed E-state index contributed by atoms with van der Waals surface area (Å²) in [6, 6.07) is 1.73. The van der Waals surface area contributed by atoms with Gasteiger partial charge in [0.1, 0.15) is 0 Å². The Morgan fingerprint density at radius 1 is 1.64 bits per heavy atom. The molecule has 2 heterocycles. The number of Topliss-reactive ketones (excluding diaryl/α,β-unsaturated/α-hetero) is 1. The van der Waals surface area contributed by atoms with Gasteiger partial charge in [-0.05, 0) is 34.3 Å². The van der Waals surface area contributed by atoms with Crippen molar-refractivity contribution >= 4 is 21.7 Å². The van der Waals surface area contributed by atoms with Crippen molar-refractivity contribution in [1.29, 1.82) is 0 Å². The number of halogens is 1. The zero-order chi connectivity index (χ0) is 9.97. The van der Waals surface area contributed by atoms with Crippen LogP contribution in [-0.2, 0) is 4.74 Å². The highest BCUT2D eigenvalue weighted by Gasteiger charge is 2.22. The van der Waals surface area contributed by atoms with Crippen LogP contribution in [0, 0.1) is 5.92 Å². The van der Waals surface area contributed by atoms with Gasteiger partial charge in [-0.15, -0.1) is 0 Å². The topological polar surface area (TPSA) is 39.4 Å². The molecule has 1 atom stereocenters. The van der Waals surface area contributed by atoms with Gasteiger partial charge < -0.3 is 9.15 Å². The van der Waals surface area contributed by atoms with E-state index in [-0.39, 0.29) is 5.78 Å². The van der Waals surface area contributed by atoms with E-state index in [1.807, 2.05) is 0 Å². The third-order valence-corrected chi connectivity index (χ3v) is 2.99. The van der Waals surface area contributed by atoms with Crippen LogP contribution < -0.4 is 0 Å². The maximum absolute atomic E-state index is 11.7. The van der Waals surface area contributed by atoms with Gasteiger partial charge in [0.15, 0.2) is 11.5 Å². The Kier molecular flexibility index (Phi) is 3.03. The van der Waals surface area contributed by atoms with Crippen molar-refractivity contribution in [3.8, 4) is 0 Å². The Bertz CT molecular complexity index is 326. The Labute approximate surface area is 90.6 Å². The fourth-order valence-corrected chi connectivity index (χ4v) is 2.01. The molecule has 3 nitrogen and oxygen atoms in total. The smallest absolute Gasteiger partial charge is 0.199 e. The molecule has 14 heavy (non-hydrogen) atoms. The molecular formula is C10H11BrO3. The summed E-state index contributed by atoms with van der Waals surface area (Å²) in [5.74, 6) is 0.841. The minimum atomic E-state index is 0.0531. The highest BCUT2D eigenvalue weighted by Crippen LogP contribution is 2.23. The highest BCUT2D eigenvalue weighted by atomic mass is 79.9. The van der Waals surface area contributed by atoms with Crippen molar-refractivity contribution < 1.29 is 13.9 Å². The van der Waals surface area contributed by atoms with Gasteiger partial charge in [0.2, 0.25) is 0 Å². The summed E-state index contributed by atoms with van der Waals surface area (Å²) in [5.41, 5.74) is 0. The molecule has 1 aliphatic heterocycles. The Morgan fingerprint density at radius 2 is 2.50 bits per heavy atom. The molecule has 1 aromatic heterocycles. The van der Waals surface area contributed by atoms with E-state index in [1.54, 1.807) is 6.07 Å². The Hall–Kier alpha value is -0.610. The van der Waals surface area contributed by atoms with Crippen LogP contribution in [-0.4, -0.2) is 19.0 Å². The molecule has 0 bridgehead atoms. The van der Waals surface area contributed by atoms with Crippen molar-refractivity contribution in [3.05, 3.63) is 22.6 Å². The van der Waals surface area contributed by atoms with Crippen molar-refractivity contribution in [2.24, 2.45) is 5.92 Å². The molecule has 76 valence electrons. The minimum Gasteiger partial charge on any atom is -0.460 e. The predicted octanol–water partition coefficient (Wildman–Crippen LogP) is 2.65. The average molecular weight is 259 g/mol. The van der Waals surface area contributed by atoms with Crippen molar-refractivity contribution in [1.82, 2.24) is 0 Å². The van der Waals surface area contributed by atoms with Crippen LogP contribution >= 0.6 is 15.9 Å². The Morgan fingerprint density at radius 3 is 3.07 bits per heavy atom. The number of carbonyl (C=O) groups excluding carboxylic acids is 1. The molecule has 1 aliphatic rings. The first-order valence-electron chi connectivity index (χ1n) is 4.61. The molecule has 0 aromatic carbocycles. The normalized spacial score (nSPS) is 21.4. The minimum absolute atomic E-state index is 0.0531. The molecule has 4 heteroatoms. The number of rotatable bonds is 3. The van der Waals surface area contributed by atoms with Gasteiger partial charge in [-0.25, -0.2) is 0 Å². The number of carbonyl (C=O) groups is 1. The molecule has 1 fully saturated rings. The summed E-state index contributed by atoms with van der Waals surface area (Å²) in [6.45, 7) is 1.47. The summed E-state index contributed by atoms with van der Waals surface area (Å²) in [7, 11) is 0. The van der Waals surface area contributed by atoms with Crippen molar-refractivity contribution in [2.75, 3.05) is 13.2 Å². The van der Waals surface area contributed by atoms with E-state index in [9.17, 15) is 4.79 Å². The van der Waals surface area contributed by atoms with Gasteiger partial charge in [0, 0.05) is 19.6 Å². The van der Waals surface area contributed by atoms with E-state index in [4.69, 9.17) is 9.15 Å². The van der Waals surface area contributed by atoms with E-state index >= 15 is 0 Å². The number of hydrogen-bond donors (Lipinski definition) is 0.